The lowest BCUT2D eigenvalue weighted by molar-refractivity contribution is -0.368. The number of rotatable bonds is 4. The summed E-state index contributed by atoms with van der Waals surface area (Å²) in [7, 11) is 0. The zero-order valence-corrected chi connectivity index (χ0v) is 17.1. The minimum Gasteiger partial charge on any atom is -0.394 e. The van der Waals surface area contributed by atoms with Gasteiger partial charge in [-0.05, 0) is 6.92 Å². The smallest absolute Gasteiger partial charge is 0.150 e. The molecule has 3 saturated heterocycles. The molecule has 3 aliphatic rings. The van der Waals surface area contributed by atoms with Gasteiger partial charge < -0.3 is 70.4 Å². The lowest BCUT2D eigenvalue weighted by atomic mass is 9.71. The highest BCUT2D eigenvalue weighted by Crippen LogP contribution is 2.42. The molecule has 14 heteroatoms. The maximum Gasteiger partial charge on any atom is 0.150 e. The Hall–Kier alpha value is -0.560. The summed E-state index contributed by atoms with van der Waals surface area (Å²) in [6, 6.07) is 0. The molecule has 188 valence electrons. The van der Waals surface area contributed by atoms with Crippen LogP contribution < -0.4 is 0 Å². The Morgan fingerprint density at radius 1 is 0.594 bits per heavy atom. The Morgan fingerprint density at radius 3 is 1.66 bits per heavy atom. The normalized spacial score (nSPS) is 57.4. The fourth-order valence-electron chi connectivity index (χ4n) is 4.66. The molecule has 0 bridgehead atoms. The van der Waals surface area contributed by atoms with Crippen molar-refractivity contribution in [1.29, 1.82) is 0 Å². The van der Waals surface area contributed by atoms with Crippen LogP contribution in [0.15, 0.2) is 0 Å². The first-order valence-corrected chi connectivity index (χ1v) is 10.3. The summed E-state index contributed by atoms with van der Waals surface area (Å²) in [6.07, 6.45) is -24.9. The van der Waals surface area contributed by atoms with Gasteiger partial charge in [-0.15, -0.1) is 0 Å². The highest BCUT2D eigenvalue weighted by atomic mass is 16.6. The predicted octanol–water partition coefficient (Wildman–Crippen LogP) is -7.09. The van der Waals surface area contributed by atoms with Gasteiger partial charge in [0.25, 0.3) is 0 Å². The van der Waals surface area contributed by atoms with Crippen LogP contribution in [0.2, 0.25) is 0 Å². The third-order valence-electron chi connectivity index (χ3n) is 6.67. The van der Waals surface area contributed by atoms with Gasteiger partial charge in [0, 0.05) is 0 Å². The van der Waals surface area contributed by atoms with Crippen LogP contribution in [-0.4, -0.2) is 160 Å². The van der Waals surface area contributed by atoms with Gasteiger partial charge in [-0.1, -0.05) is 0 Å². The topological polar surface area (TPSA) is 250 Å². The van der Waals surface area contributed by atoms with Gasteiger partial charge in [-0.25, -0.2) is 0 Å². The summed E-state index contributed by atoms with van der Waals surface area (Å²) in [5, 5.41) is 113. The zero-order chi connectivity index (χ0) is 24.1. The van der Waals surface area contributed by atoms with Crippen LogP contribution in [0.4, 0.5) is 0 Å². The fraction of sp³-hybridized carbons (Fsp3) is 1.00. The average molecular weight is 472 g/mol. The van der Waals surface area contributed by atoms with E-state index in [1.165, 1.54) is 6.92 Å². The van der Waals surface area contributed by atoms with E-state index in [9.17, 15) is 56.2 Å². The summed E-state index contributed by atoms with van der Waals surface area (Å²) in [6.45, 7) is -0.355. The number of ether oxygens (including phenoxy) is 3. The Morgan fingerprint density at radius 2 is 1.09 bits per heavy atom. The standard InChI is InChI=1S/C18H32O14/c1-4-7(21)10(24)12(26)14(30-4)17-18(29,15(28)9(23)6(3-20)32-17)16-13(27)11(25)8(22)5(2-19)31-16/h4-17,19-29H,2-3H2,1H3/t4-,5-,6-,7-,8-,9-,10+,11+,12+,13-,14?,15+,16?,17?,18+/m1/s1. The first kappa shape index (κ1) is 26.1. The van der Waals surface area contributed by atoms with Gasteiger partial charge in [0.05, 0.1) is 19.3 Å². The van der Waals surface area contributed by atoms with Gasteiger partial charge in [0.1, 0.15) is 79.4 Å². The first-order valence-electron chi connectivity index (χ1n) is 10.3. The van der Waals surface area contributed by atoms with E-state index in [1.807, 2.05) is 0 Å². The quantitative estimate of drug-likeness (QED) is 0.182. The van der Waals surface area contributed by atoms with Crippen molar-refractivity contribution in [3.63, 3.8) is 0 Å². The molecule has 0 saturated carbocycles. The molecular formula is C18H32O14. The minimum absolute atomic E-state index is 0.844. The molecule has 0 aromatic carbocycles. The van der Waals surface area contributed by atoms with Gasteiger partial charge in [0.15, 0.2) is 5.60 Å². The lowest BCUT2D eigenvalue weighted by Gasteiger charge is -2.57. The average Bonchev–Trinajstić information content (AvgIpc) is 2.77. The van der Waals surface area contributed by atoms with E-state index in [1.54, 1.807) is 0 Å². The highest BCUT2D eigenvalue weighted by Gasteiger charge is 2.67. The molecule has 0 amide bonds. The molecule has 3 heterocycles. The van der Waals surface area contributed by atoms with Crippen LogP contribution in [0.25, 0.3) is 0 Å². The molecule has 0 spiro atoms. The van der Waals surface area contributed by atoms with Gasteiger partial charge in [-0.2, -0.15) is 0 Å². The molecule has 14 nitrogen and oxygen atoms in total. The van der Waals surface area contributed by atoms with Crippen LogP contribution in [0.1, 0.15) is 6.92 Å². The molecular weight excluding hydrogens is 440 g/mol. The van der Waals surface area contributed by atoms with Crippen LogP contribution in [0, 0.1) is 0 Å². The van der Waals surface area contributed by atoms with Crippen molar-refractivity contribution < 1.29 is 70.4 Å². The van der Waals surface area contributed by atoms with Crippen molar-refractivity contribution in [3.8, 4) is 0 Å². The zero-order valence-electron chi connectivity index (χ0n) is 17.1. The Bertz CT molecular complexity index is 637. The van der Waals surface area contributed by atoms with Crippen molar-refractivity contribution in [2.24, 2.45) is 0 Å². The van der Waals surface area contributed by atoms with Gasteiger partial charge in [-0.3, -0.25) is 0 Å². The molecule has 11 N–H and O–H groups in total. The third kappa shape index (κ3) is 3.97. The van der Waals surface area contributed by atoms with Gasteiger partial charge >= 0.3 is 0 Å². The second-order valence-electron chi connectivity index (χ2n) is 8.63. The van der Waals surface area contributed by atoms with Crippen LogP contribution in [-0.2, 0) is 14.2 Å². The molecule has 0 aromatic heterocycles. The Labute approximate surface area is 182 Å². The lowest BCUT2D eigenvalue weighted by Crippen LogP contribution is -2.80. The van der Waals surface area contributed by atoms with Crippen molar-refractivity contribution in [2.75, 3.05) is 13.2 Å². The summed E-state index contributed by atoms with van der Waals surface area (Å²) in [5.74, 6) is 0. The van der Waals surface area contributed by atoms with Crippen molar-refractivity contribution in [1.82, 2.24) is 0 Å². The molecule has 0 aromatic rings. The monoisotopic (exact) mass is 472 g/mol. The fourth-order valence-corrected chi connectivity index (χ4v) is 4.66. The molecule has 3 aliphatic heterocycles. The largest absolute Gasteiger partial charge is 0.394 e. The second-order valence-corrected chi connectivity index (χ2v) is 8.63. The molecule has 0 aliphatic carbocycles. The SMILES string of the molecule is C[C@H]1OC(C2O[C@H](CO)[C@@H](O)[C@H](O)[C@]2(O)C2O[C@H](CO)[C@@H](O)[C@H](O)[C@H]2O)[C@@H](O)[C@@H](O)[C@@H]1O. The van der Waals surface area contributed by atoms with Crippen LogP contribution in [0.5, 0.6) is 0 Å². The van der Waals surface area contributed by atoms with E-state index in [0.717, 1.165) is 0 Å². The molecule has 3 fully saturated rings. The molecule has 3 unspecified atom stereocenters. The number of hydrogen-bond donors (Lipinski definition) is 11. The number of hydrogen-bond acceptors (Lipinski definition) is 14. The summed E-state index contributed by atoms with van der Waals surface area (Å²) < 4.78 is 16.4. The van der Waals surface area contributed by atoms with E-state index >= 15 is 0 Å². The van der Waals surface area contributed by atoms with E-state index in [0.29, 0.717) is 0 Å². The number of aliphatic hydroxyl groups is 11. The summed E-state index contributed by atoms with van der Waals surface area (Å²) in [4.78, 5) is 0. The van der Waals surface area contributed by atoms with E-state index in [-0.39, 0.29) is 0 Å². The Balaban J connectivity index is 2.06. The van der Waals surface area contributed by atoms with E-state index < -0.39 is 104 Å². The molecule has 15 atom stereocenters. The molecule has 32 heavy (non-hydrogen) atoms. The maximum absolute atomic E-state index is 11.6. The molecule has 3 rings (SSSR count). The van der Waals surface area contributed by atoms with Crippen LogP contribution >= 0.6 is 0 Å². The minimum atomic E-state index is -2.87. The third-order valence-corrected chi connectivity index (χ3v) is 6.67. The summed E-state index contributed by atoms with van der Waals surface area (Å²) in [5.41, 5.74) is -2.87. The van der Waals surface area contributed by atoms with E-state index in [4.69, 9.17) is 14.2 Å². The van der Waals surface area contributed by atoms with Crippen LogP contribution in [0.3, 0.4) is 0 Å². The number of aliphatic hydroxyl groups excluding tert-OH is 10. The van der Waals surface area contributed by atoms with E-state index in [2.05, 4.69) is 0 Å². The first-order chi connectivity index (χ1) is 14.9. The van der Waals surface area contributed by atoms with Gasteiger partial charge in [0.2, 0.25) is 0 Å². The maximum atomic E-state index is 11.6. The Kier molecular flexibility index (Phi) is 7.81. The predicted molar refractivity (Wildman–Crippen MR) is 98.8 cm³/mol. The van der Waals surface area contributed by atoms with Crippen molar-refractivity contribution >= 4 is 0 Å². The van der Waals surface area contributed by atoms with Crippen molar-refractivity contribution in [3.05, 3.63) is 0 Å². The molecule has 0 radical (unpaired) electrons. The van der Waals surface area contributed by atoms with Crippen molar-refractivity contribution in [2.45, 2.75) is 98.0 Å². The second kappa shape index (κ2) is 9.59. The highest BCUT2D eigenvalue weighted by molar-refractivity contribution is 5.16. The summed E-state index contributed by atoms with van der Waals surface area (Å²) >= 11 is 0.